The predicted octanol–water partition coefficient (Wildman–Crippen LogP) is 1.93. The van der Waals surface area contributed by atoms with Crippen molar-refractivity contribution in [1.82, 2.24) is 4.31 Å². The lowest BCUT2D eigenvalue weighted by Gasteiger charge is -2.19. The van der Waals surface area contributed by atoms with E-state index in [-0.39, 0.29) is 22.4 Å². The fourth-order valence-electron chi connectivity index (χ4n) is 1.72. The molecule has 110 valence electrons. The van der Waals surface area contributed by atoms with Crippen LogP contribution in [0.1, 0.15) is 19.4 Å². The number of hydrogen-bond donors (Lipinski definition) is 1. The molecule has 20 heavy (non-hydrogen) atoms. The van der Waals surface area contributed by atoms with E-state index >= 15 is 0 Å². The molecule has 0 bridgehead atoms. The lowest BCUT2D eigenvalue weighted by molar-refractivity contribution is 0.417. The van der Waals surface area contributed by atoms with Crippen LogP contribution in [0.15, 0.2) is 23.1 Å². The van der Waals surface area contributed by atoms with Gasteiger partial charge < -0.3 is 5.73 Å². The third kappa shape index (κ3) is 4.22. The first-order chi connectivity index (χ1) is 9.28. The van der Waals surface area contributed by atoms with E-state index in [2.05, 4.69) is 11.8 Å². The highest BCUT2D eigenvalue weighted by molar-refractivity contribution is 7.89. The molecule has 0 aromatic heterocycles. The molecular formula is C14H19ClN2O2S. The molecule has 0 heterocycles. The van der Waals surface area contributed by atoms with Crippen LogP contribution in [0.5, 0.6) is 0 Å². The summed E-state index contributed by atoms with van der Waals surface area (Å²) in [5.74, 6) is 5.75. The van der Waals surface area contributed by atoms with Gasteiger partial charge in [0.1, 0.15) is 4.90 Å². The highest BCUT2D eigenvalue weighted by Gasteiger charge is 2.24. The topological polar surface area (TPSA) is 63.4 Å². The monoisotopic (exact) mass is 314 g/mol. The van der Waals surface area contributed by atoms with Gasteiger partial charge in [0.05, 0.1) is 11.6 Å². The van der Waals surface area contributed by atoms with Gasteiger partial charge in [0, 0.05) is 19.2 Å². The van der Waals surface area contributed by atoms with Crippen molar-refractivity contribution in [2.24, 2.45) is 11.7 Å². The lowest BCUT2D eigenvalue weighted by atomic mass is 10.2. The van der Waals surface area contributed by atoms with Crippen molar-refractivity contribution < 1.29 is 8.42 Å². The Hall–Kier alpha value is -1.06. The Balaban J connectivity index is 3.14. The van der Waals surface area contributed by atoms with Crippen LogP contribution >= 0.6 is 11.6 Å². The molecule has 0 aliphatic rings. The summed E-state index contributed by atoms with van der Waals surface area (Å²) < 4.78 is 26.1. The molecule has 0 radical (unpaired) electrons. The van der Waals surface area contributed by atoms with Gasteiger partial charge in [-0.15, -0.1) is 0 Å². The molecule has 6 heteroatoms. The van der Waals surface area contributed by atoms with Crippen molar-refractivity contribution in [1.29, 1.82) is 0 Å². The van der Waals surface area contributed by atoms with Gasteiger partial charge >= 0.3 is 0 Å². The molecule has 0 aliphatic carbocycles. The van der Waals surface area contributed by atoms with Crippen molar-refractivity contribution >= 4 is 21.6 Å². The highest BCUT2D eigenvalue weighted by atomic mass is 35.5. The fourth-order valence-corrected chi connectivity index (χ4v) is 3.57. The lowest BCUT2D eigenvalue weighted by Crippen LogP contribution is -2.30. The first kappa shape index (κ1) is 17.0. The average Bonchev–Trinajstić information content (AvgIpc) is 2.35. The Morgan fingerprint density at radius 3 is 2.55 bits per heavy atom. The second-order valence-electron chi connectivity index (χ2n) is 4.83. The van der Waals surface area contributed by atoms with E-state index in [9.17, 15) is 8.42 Å². The predicted molar refractivity (Wildman–Crippen MR) is 82.0 cm³/mol. The van der Waals surface area contributed by atoms with E-state index in [1.165, 1.54) is 10.4 Å². The molecule has 0 spiro atoms. The molecule has 1 aromatic carbocycles. The first-order valence-electron chi connectivity index (χ1n) is 6.24. The standard InChI is InChI=1S/C14H19ClN2O2S/c1-11(2)10-17(3)20(18,19)14-7-6-12(5-4-8-16)9-13(14)15/h6-7,9,11H,8,10,16H2,1-3H3. The molecule has 0 saturated heterocycles. The number of benzene rings is 1. The van der Waals surface area contributed by atoms with E-state index in [1.54, 1.807) is 19.2 Å². The van der Waals surface area contributed by atoms with Crippen LogP contribution in [-0.4, -0.2) is 32.9 Å². The average molecular weight is 315 g/mol. The summed E-state index contributed by atoms with van der Waals surface area (Å²) in [4.78, 5) is 0.0978. The van der Waals surface area contributed by atoms with Gasteiger partial charge in [0.2, 0.25) is 10.0 Å². The minimum atomic E-state index is -3.57. The Bertz CT molecular complexity index is 630. The van der Waals surface area contributed by atoms with Gasteiger partial charge in [-0.2, -0.15) is 0 Å². The fraction of sp³-hybridized carbons (Fsp3) is 0.429. The van der Waals surface area contributed by atoms with Crippen molar-refractivity contribution in [3.05, 3.63) is 28.8 Å². The number of nitrogens with two attached hydrogens (primary N) is 1. The second-order valence-corrected chi connectivity index (χ2v) is 7.25. The maximum atomic E-state index is 12.4. The van der Waals surface area contributed by atoms with Crippen molar-refractivity contribution in [3.8, 4) is 11.8 Å². The van der Waals surface area contributed by atoms with Gasteiger partial charge in [-0.25, -0.2) is 12.7 Å². The van der Waals surface area contributed by atoms with Crippen LogP contribution in [0.4, 0.5) is 0 Å². The summed E-state index contributed by atoms with van der Waals surface area (Å²) >= 11 is 6.07. The van der Waals surface area contributed by atoms with Crippen molar-refractivity contribution in [3.63, 3.8) is 0 Å². The number of sulfonamides is 1. The first-order valence-corrected chi connectivity index (χ1v) is 8.05. The van der Waals surface area contributed by atoms with Crippen LogP contribution in [0.2, 0.25) is 5.02 Å². The van der Waals surface area contributed by atoms with E-state index in [1.807, 2.05) is 13.8 Å². The van der Waals surface area contributed by atoms with E-state index in [4.69, 9.17) is 17.3 Å². The van der Waals surface area contributed by atoms with Crippen molar-refractivity contribution in [2.75, 3.05) is 20.1 Å². The van der Waals surface area contributed by atoms with Gasteiger partial charge in [-0.3, -0.25) is 0 Å². The quantitative estimate of drug-likeness (QED) is 0.864. The smallest absolute Gasteiger partial charge is 0.244 e. The summed E-state index contributed by atoms with van der Waals surface area (Å²) in [5.41, 5.74) is 5.93. The SMILES string of the molecule is CC(C)CN(C)S(=O)(=O)c1ccc(C#CCN)cc1Cl. The Morgan fingerprint density at radius 1 is 1.40 bits per heavy atom. The molecular weight excluding hydrogens is 296 g/mol. The van der Waals surface area contributed by atoms with Crippen LogP contribution in [0.25, 0.3) is 0 Å². The maximum Gasteiger partial charge on any atom is 0.244 e. The van der Waals surface area contributed by atoms with Crippen molar-refractivity contribution in [2.45, 2.75) is 18.7 Å². The normalized spacial score (nSPS) is 11.6. The number of rotatable bonds is 4. The van der Waals surface area contributed by atoms with Gasteiger partial charge in [0.25, 0.3) is 0 Å². The summed E-state index contributed by atoms with van der Waals surface area (Å²) in [7, 11) is -2.02. The molecule has 0 fully saturated rings. The van der Waals surface area contributed by atoms with Gasteiger partial charge in [-0.1, -0.05) is 37.3 Å². The van der Waals surface area contributed by atoms with E-state index in [0.717, 1.165) is 0 Å². The highest BCUT2D eigenvalue weighted by Crippen LogP contribution is 2.25. The Labute approximate surface area is 126 Å². The largest absolute Gasteiger partial charge is 0.320 e. The number of hydrogen-bond acceptors (Lipinski definition) is 3. The zero-order valence-electron chi connectivity index (χ0n) is 11.9. The molecule has 4 nitrogen and oxygen atoms in total. The Morgan fingerprint density at radius 2 is 2.05 bits per heavy atom. The van der Waals surface area contributed by atoms with Crippen LogP contribution < -0.4 is 5.73 Å². The molecule has 1 rings (SSSR count). The van der Waals surface area contributed by atoms with Crippen LogP contribution in [0.3, 0.4) is 0 Å². The summed E-state index contributed by atoms with van der Waals surface area (Å²) in [6.07, 6.45) is 0. The third-order valence-corrected chi connectivity index (χ3v) is 4.88. The van der Waals surface area contributed by atoms with Gasteiger partial charge in [0.15, 0.2) is 0 Å². The minimum Gasteiger partial charge on any atom is -0.320 e. The second kappa shape index (κ2) is 7.09. The molecule has 0 saturated carbocycles. The van der Waals surface area contributed by atoms with E-state index < -0.39 is 10.0 Å². The van der Waals surface area contributed by atoms with Gasteiger partial charge in [-0.05, 0) is 24.1 Å². The number of nitrogens with zero attached hydrogens (tertiary/aromatic N) is 1. The zero-order chi connectivity index (χ0) is 15.3. The summed E-state index contributed by atoms with van der Waals surface area (Å²) in [6.45, 7) is 4.60. The summed E-state index contributed by atoms with van der Waals surface area (Å²) in [5, 5.41) is 0.171. The molecule has 0 amide bonds. The molecule has 0 aliphatic heterocycles. The molecule has 1 aromatic rings. The Kier molecular flexibility index (Phi) is 6.03. The summed E-state index contributed by atoms with van der Waals surface area (Å²) in [6, 6.07) is 4.65. The molecule has 2 N–H and O–H groups in total. The maximum absolute atomic E-state index is 12.4. The third-order valence-electron chi connectivity index (χ3n) is 2.58. The molecule has 0 unspecified atom stereocenters. The van der Waals surface area contributed by atoms with Crippen LogP contribution in [0, 0.1) is 17.8 Å². The minimum absolute atomic E-state index is 0.0978. The van der Waals surface area contributed by atoms with Crippen LogP contribution in [-0.2, 0) is 10.0 Å². The van der Waals surface area contributed by atoms with E-state index in [0.29, 0.717) is 12.1 Å². The number of halogens is 1. The zero-order valence-corrected chi connectivity index (χ0v) is 13.4. The molecule has 0 atom stereocenters.